The average molecular weight is 234 g/mol. The SMILES string of the molecule is CC(N)C1CCN(C2CCCc3occc32)C1. The Kier molecular flexibility index (Phi) is 2.97. The van der Waals surface area contributed by atoms with Gasteiger partial charge in [-0.05, 0) is 44.7 Å². The molecule has 2 heterocycles. The van der Waals surface area contributed by atoms with Crippen LogP contribution in [-0.2, 0) is 6.42 Å². The molecular weight excluding hydrogens is 212 g/mol. The molecule has 17 heavy (non-hydrogen) atoms. The molecular formula is C14H22N2O. The van der Waals surface area contributed by atoms with Crippen LogP contribution in [-0.4, -0.2) is 24.0 Å². The van der Waals surface area contributed by atoms with Gasteiger partial charge in [0.05, 0.1) is 6.26 Å². The van der Waals surface area contributed by atoms with Crippen molar-refractivity contribution in [3.8, 4) is 0 Å². The van der Waals surface area contributed by atoms with Gasteiger partial charge in [0.25, 0.3) is 0 Å². The molecule has 0 bridgehead atoms. The Morgan fingerprint density at radius 1 is 1.47 bits per heavy atom. The van der Waals surface area contributed by atoms with Gasteiger partial charge < -0.3 is 10.2 Å². The molecule has 1 aliphatic heterocycles. The van der Waals surface area contributed by atoms with Gasteiger partial charge in [0.2, 0.25) is 0 Å². The maximum absolute atomic E-state index is 6.02. The summed E-state index contributed by atoms with van der Waals surface area (Å²) in [4.78, 5) is 2.61. The number of nitrogens with two attached hydrogens (primary N) is 1. The Morgan fingerprint density at radius 3 is 3.12 bits per heavy atom. The molecule has 0 amide bonds. The number of fused-ring (bicyclic) bond motifs is 1. The fourth-order valence-electron chi connectivity index (χ4n) is 3.37. The Labute approximate surface area is 103 Å². The van der Waals surface area contributed by atoms with Gasteiger partial charge in [0, 0.05) is 30.6 Å². The van der Waals surface area contributed by atoms with E-state index in [1.165, 1.54) is 37.1 Å². The molecule has 1 aliphatic carbocycles. The molecule has 3 atom stereocenters. The van der Waals surface area contributed by atoms with Crippen molar-refractivity contribution in [1.29, 1.82) is 0 Å². The fraction of sp³-hybridized carbons (Fsp3) is 0.714. The molecule has 3 rings (SSSR count). The normalized spacial score (nSPS) is 31.4. The van der Waals surface area contributed by atoms with Crippen molar-refractivity contribution in [2.24, 2.45) is 11.7 Å². The smallest absolute Gasteiger partial charge is 0.108 e. The number of aryl methyl sites for hydroxylation is 1. The zero-order chi connectivity index (χ0) is 11.8. The summed E-state index contributed by atoms with van der Waals surface area (Å²) in [5.41, 5.74) is 7.45. The van der Waals surface area contributed by atoms with Crippen LogP contribution in [0.15, 0.2) is 16.7 Å². The minimum Gasteiger partial charge on any atom is -0.469 e. The summed E-state index contributed by atoms with van der Waals surface area (Å²) in [7, 11) is 0. The molecule has 1 aromatic heterocycles. The first kappa shape index (κ1) is 11.3. The van der Waals surface area contributed by atoms with Crippen molar-refractivity contribution < 1.29 is 4.42 Å². The van der Waals surface area contributed by atoms with E-state index < -0.39 is 0 Å². The molecule has 2 aliphatic rings. The van der Waals surface area contributed by atoms with Gasteiger partial charge in [-0.2, -0.15) is 0 Å². The third-order valence-electron chi connectivity index (χ3n) is 4.46. The van der Waals surface area contributed by atoms with Crippen LogP contribution in [0.2, 0.25) is 0 Å². The Hall–Kier alpha value is -0.800. The van der Waals surface area contributed by atoms with Crippen LogP contribution < -0.4 is 5.73 Å². The Morgan fingerprint density at radius 2 is 2.35 bits per heavy atom. The maximum Gasteiger partial charge on any atom is 0.108 e. The van der Waals surface area contributed by atoms with Crippen molar-refractivity contribution in [3.05, 3.63) is 23.7 Å². The Bertz CT molecular complexity index is 385. The van der Waals surface area contributed by atoms with Gasteiger partial charge in [-0.1, -0.05) is 0 Å². The van der Waals surface area contributed by atoms with E-state index in [2.05, 4.69) is 17.9 Å². The van der Waals surface area contributed by atoms with E-state index in [1.807, 2.05) is 6.26 Å². The topological polar surface area (TPSA) is 42.4 Å². The molecule has 1 fully saturated rings. The molecule has 3 unspecified atom stereocenters. The summed E-state index contributed by atoms with van der Waals surface area (Å²) >= 11 is 0. The van der Waals surface area contributed by atoms with Gasteiger partial charge >= 0.3 is 0 Å². The summed E-state index contributed by atoms with van der Waals surface area (Å²) in [6, 6.07) is 3.08. The van der Waals surface area contributed by atoms with Gasteiger partial charge in [-0.3, -0.25) is 4.90 Å². The molecule has 0 saturated carbocycles. The van der Waals surface area contributed by atoms with E-state index in [0.717, 1.165) is 13.0 Å². The molecule has 0 radical (unpaired) electrons. The third kappa shape index (κ3) is 2.02. The highest BCUT2D eigenvalue weighted by atomic mass is 16.3. The zero-order valence-electron chi connectivity index (χ0n) is 10.6. The quantitative estimate of drug-likeness (QED) is 0.854. The predicted molar refractivity (Wildman–Crippen MR) is 67.7 cm³/mol. The van der Waals surface area contributed by atoms with E-state index in [4.69, 9.17) is 10.2 Å². The van der Waals surface area contributed by atoms with Gasteiger partial charge in [0.1, 0.15) is 5.76 Å². The second-order valence-corrected chi connectivity index (χ2v) is 5.61. The summed E-state index contributed by atoms with van der Waals surface area (Å²) in [5, 5.41) is 0. The number of nitrogens with zero attached hydrogens (tertiary/aromatic N) is 1. The number of hydrogen-bond acceptors (Lipinski definition) is 3. The van der Waals surface area contributed by atoms with E-state index >= 15 is 0 Å². The largest absolute Gasteiger partial charge is 0.469 e. The van der Waals surface area contributed by atoms with Crippen molar-refractivity contribution in [1.82, 2.24) is 4.90 Å². The lowest BCUT2D eigenvalue weighted by atomic mass is 9.92. The summed E-state index contributed by atoms with van der Waals surface area (Å²) < 4.78 is 5.57. The van der Waals surface area contributed by atoms with Gasteiger partial charge in [0.15, 0.2) is 0 Å². The van der Waals surface area contributed by atoms with Crippen LogP contribution in [0.5, 0.6) is 0 Å². The predicted octanol–water partition coefficient (Wildman–Crippen LogP) is 2.33. The number of hydrogen-bond donors (Lipinski definition) is 1. The van der Waals surface area contributed by atoms with E-state index in [0.29, 0.717) is 18.0 Å². The Balaban J connectivity index is 1.75. The third-order valence-corrected chi connectivity index (χ3v) is 4.46. The molecule has 3 nitrogen and oxygen atoms in total. The minimum atomic E-state index is 0.326. The maximum atomic E-state index is 6.02. The molecule has 3 heteroatoms. The van der Waals surface area contributed by atoms with Crippen LogP contribution in [0.25, 0.3) is 0 Å². The molecule has 2 N–H and O–H groups in total. The average Bonchev–Trinajstić information content (AvgIpc) is 2.97. The lowest BCUT2D eigenvalue weighted by Crippen LogP contribution is -2.32. The first-order valence-corrected chi connectivity index (χ1v) is 6.81. The summed E-state index contributed by atoms with van der Waals surface area (Å²) in [6.45, 7) is 4.49. The van der Waals surface area contributed by atoms with E-state index in [-0.39, 0.29) is 0 Å². The highest BCUT2D eigenvalue weighted by Crippen LogP contribution is 2.37. The molecule has 1 aromatic rings. The van der Waals surface area contributed by atoms with Crippen LogP contribution in [0.1, 0.15) is 43.6 Å². The van der Waals surface area contributed by atoms with E-state index in [9.17, 15) is 0 Å². The van der Waals surface area contributed by atoms with Crippen molar-refractivity contribution in [2.75, 3.05) is 13.1 Å². The standard InChI is InChI=1S/C14H22N2O/c1-10(15)11-5-7-16(9-11)13-3-2-4-14-12(13)6-8-17-14/h6,8,10-11,13H,2-5,7,9,15H2,1H3. The molecule has 0 aromatic carbocycles. The first-order chi connectivity index (χ1) is 8.25. The van der Waals surface area contributed by atoms with Crippen LogP contribution in [0.3, 0.4) is 0 Å². The molecule has 0 spiro atoms. The number of furan rings is 1. The second-order valence-electron chi connectivity index (χ2n) is 5.61. The minimum absolute atomic E-state index is 0.326. The fourth-order valence-corrected chi connectivity index (χ4v) is 3.37. The lowest BCUT2D eigenvalue weighted by Gasteiger charge is -2.31. The molecule has 94 valence electrons. The second kappa shape index (κ2) is 4.46. The van der Waals surface area contributed by atoms with Gasteiger partial charge in [-0.15, -0.1) is 0 Å². The lowest BCUT2D eigenvalue weighted by molar-refractivity contribution is 0.206. The van der Waals surface area contributed by atoms with E-state index in [1.54, 1.807) is 0 Å². The van der Waals surface area contributed by atoms with Crippen molar-refractivity contribution in [2.45, 2.75) is 44.7 Å². The van der Waals surface area contributed by atoms with Crippen molar-refractivity contribution >= 4 is 0 Å². The number of rotatable bonds is 2. The van der Waals surface area contributed by atoms with Crippen LogP contribution in [0.4, 0.5) is 0 Å². The number of likely N-dealkylation sites (tertiary alicyclic amines) is 1. The first-order valence-electron chi connectivity index (χ1n) is 6.81. The molecule has 1 saturated heterocycles. The van der Waals surface area contributed by atoms with Gasteiger partial charge in [-0.25, -0.2) is 0 Å². The van der Waals surface area contributed by atoms with Crippen LogP contribution >= 0.6 is 0 Å². The zero-order valence-corrected chi connectivity index (χ0v) is 10.6. The highest BCUT2D eigenvalue weighted by molar-refractivity contribution is 5.24. The van der Waals surface area contributed by atoms with Crippen molar-refractivity contribution in [3.63, 3.8) is 0 Å². The summed E-state index contributed by atoms with van der Waals surface area (Å²) in [5.74, 6) is 1.89. The monoisotopic (exact) mass is 234 g/mol. The summed E-state index contributed by atoms with van der Waals surface area (Å²) in [6.07, 6.45) is 6.75. The highest BCUT2D eigenvalue weighted by Gasteiger charge is 2.33. The van der Waals surface area contributed by atoms with Crippen LogP contribution in [0, 0.1) is 5.92 Å².